The molecule has 0 spiro atoms. The quantitative estimate of drug-likeness (QED) is 0.875. The van der Waals surface area contributed by atoms with Gasteiger partial charge in [-0.2, -0.15) is 0 Å². The molecule has 1 amide bonds. The number of aryl methyl sites for hydroxylation is 2. The van der Waals surface area contributed by atoms with Crippen LogP contribution in [0.5, 0.6) is 5.88 Å². The second-order valence-electron chi connectivity index (χ2n) is 4.67. The van der Waals surface area contributed by atoms with Gasteiger partial charge in [-0.25, -0.2) is 0 Å². The van der Waals surface area contributed by atoms with E-state index < -0.39 is 5.91 Å². The number of nitrogens with two attached hydrogens (primary N) is 1. The van der Waals surface area contributed by atoms with Gasteiger partial charge in [-0.1, -0.05) is 25.5 Å². The summed E-state index contributed by atoms with van der Waals surface area (Å²) in [5.41, 5.74) is 7.91. The maximum Gasteiger partial charge on any atom is 0.249 e. The number of primary amides is 1. The number of amides is 1. The Bertz CT molecular complexity index is 605. The Morgan fingerprint density at radius 1 is 1.40 bits per heavy atom. The van der Waals surface area contributed by atoms with Crippen molar-refractivity contribution in [3.8, 4) is 5.88 Å². The summed E-state index contributed by atoms with van der Waals surface area (Å²) in [6.45, 7) is 2.39. The minimum absolute atomic E-state index is 0.297. The van der Waals surface area contributed by atoms with Crippen LogP contribution in [0.1, 0.15) is 34.8 Å². The van der Waals surface area contributed by atoms with E-state index in [1.165, 1.54) is 0 Å². The van der Waals surface area contributed by atoms with E-state index in [1.54, 1.807) is 16.8 Å². The summed E-state index contributed by atoms with van der Waals surface area (Å²) in [5, 5.41) is 4.15. The van der Waals surface area contributed by atoms with E-state index in [9.17, 15) is 4.79 Å². The second-order valence-corrected chi connectivity index (χ2v) is 4.67. The third kappa shape index (κ3) is 3.17. The van der Waals surface area contributed by atoms with Crippen molar-refractivity contribution in [2.45, 2.75) is 26.4 Å². The van der Waals surface area contributed by atoms with E-state index in [1.807, 2.05) is 25.4 Å². The zero-order valence-electron chi connectivity index (χ0n) is 11.8. The number of hydrogen-bond acceptors (Lipinski definition) is 3. The average molecular weight is 273 g/mol. The summed E-state index contributed by atoms with van der Waals surface area (Å²) >= 11 is 0. The fourth-order valence-electron chi connectivity index (χ4n) is 2.16. The molecule has 1 aromatic heterocycles. The maximum absolute atomic E-state index is 11.5. The highest BCUT2D eigenvalue weighted by Gasteiger charge is 2.13. The molecule has 1 aromatic carbocycles. The molecule has 1 heterocycles. The number of carbonyl (C=O) groups excluding carboxylic acids is 1. The van der Waals surface area contributed by atoms with Crippen LogP contribution < -0.4 is 10.5 Å². The summed E-state index contributed by atoms with van der Waals surface area (Å²) in [7, 11) is 1.83. The topological polar surface area (TPSA) is 70.1 Å². The summed E-state index contributed by atoms with van der Waals surface area (Å²) in [5.74, 6) is 0.108. The van der Waals surface area contributed by atoms with Crippen molar-refractivity contribution in [3.05, 3.63) is 47.2 Å². The van der Waals surface area contributed by atoms with Crippen LogP contribution in [0.15, 0.2) is 30.5 Å². The van der Waals surface area contributed by atoms with Crippen molar-refractivity contribution in [1.82, 2.24) is 9.78 Å². The highest BCUT2D eigenvalue weighted by Crippen LogP contribution is 2.19. The highest BCUT2D eigenvalue weighted by molar-refractivity contribution is 5.94. The molecule has 0 aliphatic rings. The lowest BCUT2D eigenvalue weighted by Crippen LogP contribution is -2.16. The lowest BCUT2D eigenvalue weighted by Gasteiger charge is -2.12. The first kappa shape index (κ1) is 14.1. The first-order valence-electron chi connectivity index (χ1n) is 6.64. The average Bonchev–Trinajstić information content (AvgIpc) is 2.83. The molecule has 0 radical (unpaired) electrons. The molecule has 0 aliphatic carbocycles. The van der Waals surface area contributed by atoms with Gasteiger partial charge in [-0.05, 0) is 18.1 Å². The smallest absolute Gasteiger partial charge is 0.249 e. The van der Waals surface area contributed by atoms with Crippen molar-refractivity contribution in [1.29, 1.82) is 0 Å². The molecule has 5 nitrogen and oxygen atoms in total. The second kappa shape index (κ2) is 6.23. The molecule has 106 valence electrons. The molecule has 20 heavy (non-hydrogen) atoms. The number of rotatable bonds is 6. The first-order valence-corrected chi connectivity index (χ1v) is 6.64. The number of benzene rings is 1. The minimum Gasteiger partial charge on any atom is -0.472 e. The van der Waals surface area contributed by atoms with E-state index in [2.05, 4.69) is 12.0 Å². The molecule has 5 heteroatoms. The van der Waals surface area contributed by atoms with Gasteiger partial charge >= 0.3 is 0 Å². The molecule has 2 aromatic rings. The van der Waals surface area contributed by atoms with Crippen LogP contribution in [0.4, 0.5) is 0 Å². The van der Waals surface area contributed by atoms with Crippen LogP contribution in [0.2, 0.25) is 0 Å². The van der Waals surface area contributed by atoms with E-state index in [-0.39, 0.29) is 0 Å². The zero-order valence-corrected chi connectivity index (χ0v) is 11.8. The van der Waals surface area contributed by atoms with Gasteiger partial charge in [0.15, 0.2) is 0 Å². The predicted octanol–water partition coefficient (Wildman–Crippen LogP) is 2.05. The molecule has 0 atom stereocenters. The van der Waals surface area contributed by atoms with E-state index in [0.717, 1.165) is 24.0 Å². The predicted molar refractivity (Wildman–Crippen MR) is 76.5 cm³/mol. The van der Waals surface area contributed by atoms with Crippen molar-refractivity contribution < 1.29 is 9.53 Å². The lowest BCUT2D eigenvalue weighted by molar-refractivity contribution is 0.0997. The molecule has 0 aliphatic heterocycles. The number of ether oxygens (including phenoxy) is 1. The monoisotopic (exact) mass is 273 g/mol. The molecule has 0 saturated heterocycles. The molecule has 0 saturated carbocycles. The van der Waals surface area contributed by atoms with Gasteiger partial charge in [-0.15, -0.1) is 5.10 Å². The van der Waals surface area contributed by atoms with E-state index in [4.69, 9.17) is 10.5 Å². The van der Waals surface area contributed by atoms with Gasteiger partial charge in [0.1, 0.15) is 6.61 Å². The summed E-state index contributed by atoms with van der Waals surface area (Å²) < 4.78 is 7.32. The summed E-state index contributed by atoms with van der Waals surface area (Å²) in [6.07, 6.45) is 3.70. The molecule has 2 N–H and O–H groups in total. The van der Waals surface area contributed by atoms with Crippen LogP contribution in [0, 0.1) is 0 Å². The highest BCUT2D eigenvalue weighted by atomic mass is 16.5. The Balaban J connectivity index is 2.25. The third-order valence-electron chi connectivity index (χ3n) is 3.11. The normalized spacial score (nSPS) is 10.5. The third-order valence-corrected chi connectivity index (χ3v) is 3.11. The van der Waals surface area contributed by atoms with Crippen LogP contribution in [0.25, 0.3) is 0 Å². The largest absolute Gasteiger partial charge is 0.472 e. The Labute approximate surface area is 118 Å². The number of nitrogens with zero attached hydrogens (tertiary/aromatic N) is 2. The van der Waals surface area contributed by atoms with Gasteiger partial charge < -0.3 is 10.5 Å². The van der Waals surface area contributed by atoms with E-state index >= 15 is 0 Å². The van der Waals surface area contributed by atoms with E-state index in [0.29, 0.717) is 18.1 Å². The minimum atomic E-state index is -0.428. The summed E-state index contributed by atoms with van der Waals surface area (Å²) in [4.78, 5) is 11.5. The molecule has 0 fully saturated rings. The van der Waals surface area contributed by atoms with Gasteiger partial charge in [0.2, 0.25) is 11.8 Å². The van der Waals surface area contributed by atoms with Gasteiger partial charge in [-0.3, -0.25) is 9.48 Å². The Morgan fingerprint density at radius 3 is 2.80 bits per heavy atom. The molecular weight excluding hydrogens is 254 g/mol. The van der Waals surface area contributed by atoms with Crippen LogP contribution >= 0.6 is 0 Å². The van der Waals surface area contributed by atoms with Crippen molar-refractivity contribution in [2.75, 3.05) is 0 Å². The number of aromatic nitrogens is 2. The lowest BCUT2D eigenvalue weighted by atomic mass is 9.98. The molecule has 0 bridgehead atoms. The van der Waals surface area contributed by atoms with Crippen molar-refractivity contribution >= 4 is 5.91 Å². The molecule has 2 rings (SSSR count). The van der Waals surface area contributed by atoms with Crippen LogP contribution in [-0.2, 0) is 20.1 Å². The fraction of sp³-hybridized carbons (Fsp3) is 0.333. The number of carbonyl (C=O) groups is 1. The Kier molecular flexibility index (Phi) is 4.40. The van der Waals surface area contributed by atoms with Crippen molar-refractivity contribution in [2.24, 2.45) is 12.8 Å². The van der Waals surface area contributed by atoms with Crippen LogP contribution in [0.3, 0.4) is 0 Å². The van der Waals surface area contributed by atoms with Gasteiger partial charge in [0, 0.05) is 30.4 Å². The Morgan fingerprint density at radius 2 is 2.20 bits per heavy atom. The number of hydrogen-bond donors (Lipinski definition) is 1. The van der Waals surface area contributed by atoms with Crippen LogP contribution in [-0.4, -0.2) is 15.7 Å². The van der Waals surface area contributed by atoms with Gasteiger partial charge in [0.05, 0.1) is 0 Å². The standard InChI is InChI=1S/C15H19N3O2/c1-3-5-11-6-4-7-12(15(16)19)13(11)10-20-14-8-9-18(2)17-14/h4,6-9H,3,5,10H2,1-2H3,(H2,16,19). The fourth-order valence-corrected chi connectivity index (χ4v) is 2.16. The SMILES string of the molecule is CCCc1cccc(C(N)=O)c1COc1ccn(C)n1. The zero-order chi connectivity index (χ0) is 14.5. The molecule has 0 unspecified atom stereocenters. The maximum atomic E-state index is 11.5. The first-order chi connectivity index (χ1) is 9.61. The van der Waals surface area contributed by atoms with Gasteiger partial charge in [0.25, 0.3) is 0 Å². The summed E-state index contributed by atoms with van der Waals surface area (Å²) in [6, 6.07) is 7.38. The molecular formula is C15H19N3O2. The Hall–Kier alpha value is -2.30. The van der Waals surface area contributed by atoms with Crippen molar-refractivity contribution in [3.63, 3.8) is 0 Å².